The molecule has 15 heavy (non-hydrogen) atoms. The Labute approximate surface area is 87.4 Å². The average Bonchev–Trinajstić information content (AvgIpc) is 2.26. The molecule has 4 nitrogen and oxygen atoms in total. The topological polar surface area (TPSA) is 64.7 Å². The Morgan fingerprint density at radius 1 is 1.40 bits per heavy atom. The SMILES string of the molecule is COc1cc(F)c(C(N)CO)c(OC)c1. The van der Waals surface area contributed by atoms with Crippen LogP contribution in [-0.4, -0.2) is 25.9 Å². The molecule has 1 aromatic carbocycles. The molecule has 5 heteroatoms. The summed E-state index contributed by atoms with van der Waals surface area (Å²) in [6, 6.07) is 1.92. The van der Waals surface area contributed by atoms with Crippen molar-refractivity contribution < 1.29 is 19.0 Å². The highest BCUT2D eigenvalue weighted by Gasteiger charge is 2.18. The lowest BCUT2D eigenvalue weighted by atomic mass is 10.1. The summed E-state index contributed by atoms with van der Waals surface area (Å²) in [5, 5.41) is 8.88. The minimum atomic E-state index is -0.800. The van der Waals surface area contributed by atoms with E-state index in [9.17, 15) is 4.39 Å². The molecule has 1 unspecified atom stereocenters. The smallest absolute Gasteiger partial charge is 0.135 e. The van der Waals surface area contributed by atoms with Crippen molar-refractivity contribution in [1.29, 1.82) is 0 Å². The van der Waals surface area contributed by atoms with Crippen LogP contribution < -0.4 is 15.2 Å². The van der Waals surface area contributed by atoms with Crippen LogP contribution in [0.25, 0.3) is 0 Å². The first-order valence-corrected chi connectivity index (χ1v) is 4.41. The van der Waals surface area contributed by atoms with E-state index < -0.39 is 11.9 Å². The van der Waals surface area contributed by atoms with E-state index in [-0.39, 0.29) is 17.9 Å². The van der Waals surface area contributed by atoms with Gasteiger partial charge in [-0.3, -0.25) is 0 Å². The lowest BCUT2D eigenvalue weighted by molar-refractivity contribution is 0.261. The summed E-state index contributed by atoms with van der Waals surface area (Å²) in [5.41, 5.74) is 5.71. The normalized spacial score (nSPS) is 12.3. The molecule has 0 bridgehead atoms. The quantitative estimate of drug-likeness (QED) is 0.781. The number of nitrogens with two attached hydrogens (primary N) is 1. The molecule has 0 radical (unpaired) electrons. The molecular weight excluding hydrogens is 201 g/mol. The van der Waals surface area contributed by atoms with Crippen LogP contribution in [0.15, 0.2) is 12.1 Å². The number of halogens is 1. The molecule has 0 aliphatic rings. The maximum atomic E-state index is 13.6. The molecule has 0 heterocycles. The molecule has 0 aromatic heterocycles. The molecule has 1 atom stereocenters. The van der Waals surface area contributed by atoms with Crippen molar-refractivity contribution >= 4 is 0 Å². The van der Waals surface area contributed by atoms with Crippen molar-refractivity contribution in [3.63, 3.8) is 0 Å². The highest BCUT2D eigenvalue weighted by Crippen LogP contribution is 2.31. The van der Waals surface area contributed by atoms with Gasteiger partial charge in [-0.25, -0.2) is 4.39 Å². The molecule has 3 N–H and O–H groups in total. The Morgan fingerprint density at radius 2 is 2.07 bits per heavy atom. The fourth-order valence-corrected chi connectivity index (χ4v) is 1.31. The van der Waals surface area contributed by atoms with Crippen LogP contribution in [0.1, 0.15) is 11.6 Å². The number of aliphatic hydroxyl groups is 1. The van der Waals surface area contributed by atoms with Gasteiger partial charge in [0.1, 0.15) is 17.3 Å². The monoisotopic (exact) mass is 215 g/mol. The van der Waals surface area contributed by atoms with Crippen molar-refractivity contribution in [3.05, 3.63) is 23.5 Å². The van der Waals surface area contributed by atoms with Crippen molar-refractivity contribution in [2.75, 3.05) is 20.8 Å². The van der Waals surface area contributed by atoms with Gasteiger partial charge in [-0.05, 0) is 0 Å². The van der Waals surface area contributed by atoms with Crippen LogP contribution in [0.5, 0.6) is 11.5 Å². The lowest BCUT2D eigenvalue weighted by Crippen LogP contribution is -2.17. The summed E-state index contributed by atoms with van der Waals surface area (Å²) in [7, 11) is 2.83. The number of aliphatic hydroxyl groups excluding tert-OH is 1. The molecule has 0 amide bonds. The molecule has 0 saturated carbocycles. The first-order valence-electron chi connectivity index (χ1n) is 4.41. The van der Waals surface area contributed by atoms with Crippen LogP contribution in [0, 0.1) is 5.82 Å². The number of ether oxygens (including phenoxy) is 2. The van der Waals surface area contributed by atoms with E-state index in [1.165, 1.54) is 26.4 Å². The van der Waals surface area contributed by atoms with Crippen molar-refractivity contribution in [3.8, 4) is 11.5 Å². The van der Waals surface area contributed by atoms with Gasteiger partial charge in [-0.15, -0.1) is 0 Å². The van der Waals surface area contributed by atoms with Crippen LogP contribution in [0.3, 0.4) is 0 Å². The molecule has 0 spiro atoms. The number of rotatable bonds is 4. The van der Waals surface area contributed by atoms with Gasteiger partial charge in [0.15, 0.2) is 0 Å². The van der Waals surface area contributed by atoms with Gasteiger partial charge in [0.25, 0.3) is 0 Å². The molecule has 1 aromatic rings. The Kier molecular flexibility index (Phi) is 3.88. The van der Waals surface area contributed by atoms with Gasteiger partial charge in [0.2, 0.25) is 0 Å². The van der Waals surface area contributed by atoms with Crippen LogP contribution >= 0.6 is 0 Å². The maximum Gasteiger partial charge on any atom is 0.135 e. The van der Waals surface area contributed by atoms with Crippen molar-refractivity contribution in [2.24, 2.45) is 5.73 Å². The predicted octanol–water partition coefficient (Wildman–Crippen LogP) is 0.835. The van der Waals surface area contributed by atoms with E-state index in [0.717, 1.165) is 0 Å². The second-order valence-electron chi connectivity index (χ2n) is 3.01. The van der Waals surface area contributed by atoms with E-state index >= 15 is 0 Å². The van der Waals surface area contributed by atoms with Gasteiger partial charge in [0.05, 0.1) is 26.9 Å². The Hall–Kier alpha value is -1.33. The first-order chi connectivity index (χ1) is 7.13. The minimum absolute atomic E-state index is 0.154. The van der Waals surface area contributed by atoms with E-state index in [0.29, 0.717) is 5.75 Å². The van der Waals surface area contributed by atoms with E-state index in [4.69, 9.17) is 20.3 Å². The minimum Gasteiger partial charge on any atom is -0.497 e. The molecular formula is C10H14FNO3. The summed E-state index contributed by atoms with van der Waals surface area (Å²) in [6.45, 7) is -0.348. The number of hydrogen-bond acceptors (Lipinski definition) is 4. The summed E-state index contributed by atoms with van der Waals surface area (Å²) in [4.78, 5) is 0. The summed E-state index contributed by atoms with van der Waals surface area (Å²) in [6.07, 6.45) is 0. The summed E-state index contributed by atoms with van der Waals surface area (Å²) in [5.74, 6) is 0.0689. The zero-order valence-electron chi connectivity index (χ0n) is 8.66. The zero-order valence-corrected chi connectivity index (χ0v) is 8.66. The van der Waals surface area contributed by atoms with E-state index in [2.05, 4.69) is 0 Å². The molecule has 0 fully saturated rings. The zero-order chi connectivity index (χ0) is 11.4. The van der Waals surface area contributed by atoms with Crippen molar-refractivity contribution in [2.45, 2.75) is 6.04 Å². The summed E-state index contributed by atoms with van der Waals surface area (Å²) < 4.78 is 23.4. The van der Waals surface area contributed by atoms with Gasteiger partial charge in [-0.2, -0.15) is 0 Å². The molecule has 1 rings (SSSR count). The third-order valence-electron chi connectivity index (χ3n) is 2.09. The van der Waals surface area contributed by atoms with Gasteiger partial charge >= 0.3 is 0 Å². The van der Waals surface area contributed by atoms with Crippen LogP contribution in [0.4, 0.5) is 4.39 Å². The van der Waals surface area contributed by atoms with Crippen molar-refractivity contribution in [1.82, 2.24) is 0 Å². The fraction of sp³-hybridized carbons (Fsp3) is 0.400. The number of methoxy groups -OCH3 is 2. The van der Waals surface area contributed by atoms with Gasteiger partial charge in [-0.1, -0.05) is 0 Å². The van der Waals surface area contributed by atoms with E-state index in [1.807, 2.05) is 0 Å². The van der Waals surface area contributed by atoms with Crippen LogP contribution in [-0.2, 0) is 0 Å². The largest absolute Gasteiger partial charge is 0.497 e. The van der Waals surface area contributed by atoms with Crippen LogP contribution in [0.2, 0.25) is 0 Å². The highest BCUT2D eigenvalue weighted by molar-refractivity contribution is 5.43. The Bertz CT molecular complexity index is 344. The maximum absolute atomic E-state index is 13.6. The third-order valence-corrected chi connectivity index (χ3v) is 2.09. The average molecular weight is 215 g/mol. The second kappa shape index (κ2) is 4.95. The number of hydrogen-bond donors (Lipinski definition) is 2. The fourth-order valence-electron chi connectivity index (χ4n) is 1.31. The second-order valence-corrected chi connectivity index (χ2v) is 3.01. The van der Waals surface area contributed by atoms with Gasteiger partial charge < -0.3 is 20.3 Å². The first kappa shape index (κ1) is 11.7. The molecule has 0 aliphatic heterocycles. The standard InChI is InChI=1S/C10H14FNO3/c1-14-6-3-7(11)10(8(12)5-13)9(4-6)15-2/h3-4,8,13H,5,12H2,1-2H3. The molecule has 84 valence electrons. The van der Waals surface area contributed by atoms with E-state index in [1.54, 1.807) is 0 Å². The third kappa shape index (κ3) is 2.37. The Balaban J connectivity index is 3.24. The highest BCUT2D eigenvalue weighted by atomic mass is 19.1. The lowest BCUT2D eigenvalue weighted by Gasteiger charge is -2.15. The Morgan fingerprint density at radius 3 is 2.53 bits per heavy atom. The number of benzene rings is 1. The van der Waals surface area contributed by atoms with Gasteiger partial charge in [0, 0.05) is 17.7 Å². The summed E-state index contributed by atoms with van der Waals surface area (Å²) >= 11 is 0. The predicted molar refractivity (Wildman–Crippen MR) is 53.5 cm³/mol. The molecule has 0 aliphatic carbocycles. The molecule has 0 saturated heterocycles.